The Labute approximate surface area is 90.4 Å². The van der Waals surface area contributed by atoms with Gasteiger partial charge < -0.3 is 15.4 Å². The first-order chi connectivity index (χ1) is 7.24. The van der Waals surface area contributed by atoms with Crippen molar-refractivity contribution in [2.75, 3.05) is 27.3 Å². The molecule has 2 N–H and O–H groups in total. The molecule has 0 radical (unpaired) electrons. The van der Waals surface area contributed by atoms with Gasteiger partial charge >= 0.3 is 0 Å². The van der Waals surface area contributed by atoms with Crippen molar-refractivity contribution in [3.63, 3.8) is 0 Å². The zero-order chi connectivity index (χ0) is 11.1. The Hall–Kier alpha value is -1.55. The van der Waals surface area contributed by atoms with Crippen molar-refractivity contribution in [1.82, 2.24) is 4.90 Å². The molecule has 0 heterocycles. The van der Waals surface area contributed by atoms with Gasteiger partial charge in [-0.3, -0.25) is 0 Å². The fourth-order valence-corrected chi connectivity index (χ4v) is 1.06. The van der Waals surface area contributed by atoms with Crippen LogP contribution in [0, 0.1) is 0 Å². The van der Waals surface area contributed by atoms with E-state index in [1.54, 1.807) is 7.11 Å². The van der Waals surface area contributed by atoms with Crippen LogP contribution in [0.3, 0.4) is 0 Å². The molecule has 82 valence electrons. The molecule has 0 fully saturated rings. The van der Waals surface area contributed by atoms with Crippen LogP contribution < -0.4 is 5.73 Å². The summed E-state index contributed by atoms with van der Waals surface area (Å²) in [6.45, 7) is 1.38. The predicted octanol–water partition coefficient (Wildman–Crippen LogP) is 1.21. The van der Waals surface area contributed by atoms with Gasteiger partial charge in [-0.15, -0.1) is 0 Å². The predicted molar refractivity (Wildman–Crippen MR) is 62.2 cm³/mol. The topological polar surface area (TPSA) is 50.9 Å². The van der Waals surface area contributed by atoms with Crippen LogP contribution in [0.25, 0.3) is 0 Å². The molecule has 4 heteroatoms. The van der Waals surface area contributed by atoms with E-state index >= 15 is 0 Å². The van der Waals surface area contributed by atoms with E-state index in [1.807, 2.05) is 42.3 Å². The summed E-state index contributed by atoms with van der Waals surface area (Å²) in [5, 5.41) is 0. The minimum Gasteiger partial charge on any atom is -0.383 e. The van der Waals surface area contributed by atoms with Crippen LogP contribution in [0.1, 0.15) is 0 Å². The molecule has 0 aliphatic heterocycles. The van der Waals surface area contributed by atoms with E-state index in [1.165, 1.54) is 0 Å². The highest BCUT2D eigenvalue weighted by Crippen LogP contribution is 2.09. The van der Waals surface area contributed by atoms with Crippen LogP contribution in [0.4, 0.5) is 5.69 Å². The van der Waals surface area contributed by atoms with Crippen molar-refractivity contribution in [3.05, 3.63) is 30.3 Å². The maximum atomic E-state index is 5.81. The molecular formula is C11H17N3O. The van der Waals surface area contributed by atoms with Gasteiger partial charge in [0.05, 0.1) is 12.3 Å². The van der Waals surface area contributed by atoms with Crippen LogP contribution in [0.5, 0.6) is 0 Å². The Morgan fingerprint density at radius 2 is 2.07 bits per heavy atom. The van der Waals surface area contributed by atoms with Crippen LogP contribution in [-0.4, -0.2) is 38.2 Å². The molecule has 0 spiro atoms. The van der Waals surface area contributed by atoms with Crippen LogP contribution in [0.2, 0.25) is 0 Å². The van der Waals surface area contributed by atoms with Gasteiger partial charge in [0.25, 0.3) is 0 Å². The molecule has 1 aromatic carbocycles. The number of rotatable bonds is 4. The summed E-state index contributed by atoms with van der Waals surface area (Å²) in [4.78, 5) is 6.13. The van der Waals surface area contributed by atoms with Gasteiger partial charge in [0, 0.05) is 20.7 Å². The van der Waals surface area contributed by atoms with E-state index < -0.39 is 0 Å². The monoisotopic (exact) mass is 207 g/mol. The summed E-state index contributed by atoms with van der Waals surface area (Å²) >= 11 is 0. The lowest BCUT2D eigenvalue weighted by Crippen LogP contribution is -2.35. The molecule has 0 atom stereocenters. The van der Waals surface area contributed by atoms with Crippen molar-refractivity contribution in [2.24, 2.45) is 10.7 Å². The zero-order valence-electron chi connectivity index (χ0n) is 9.18. The molecular weight excluding hydrogens is 190 g/mol. The lowest BCUT2D eigenvalue weighted by atomic mass is 10.3. The van der Waals surface area contributed by atoms with Gasteiger partial charge in [-0.05, 0) is 12.1 Å². The molecule has 0 amide bonds. The average molecular weight is 207 g/mol. The van der Waals surface area contributed by atoms with Gasteiger partial charge in [0.1, 0.15) is 0 Å². The zero-order valence-corrected chi connectivity index (χ0v) is 9.18. The maximum absolute atomic E-state index is 5.81. The van der Waals surface area contributed by atoms with Gasteiger partial charge in [-0.2, -0.15) is 0 Å². The number of nitrogens with two attached hydrogens (primary N) is 1. The number of aliphatic imine (C=N–C) groups is 1. The molecule has 0 saturated carbocycles. The standard InChI is InChI=1S/C11H17N3O/c1-14(8-9-15-2)11(12)13-10-6-4-3-5-7-10/h3-7H,8-9H2,1-2H3,(H2,12,13). The summed E-state index contributed by atoms with van der Waals surface area (Å²) < 4.78 is 4.96. The van der Waals surface area contributed by atoms with Crippen molar-refractivity contribution in [3.8, 4) is 0 Å². The number of para-hydroxylation sites is 1. The molecule has 15 heavy (non-hydrogen) atoms. The van der Waals surface area contributed by atoms with Crippen molar-refractivity contribution in [1.29, 1.82) is 0 Å². The quantitative estimate of drug-likeness (QED) is 0.596. The Bertz CT molecular complexity index is 311. The van der Waals surface area contributed by atoms with Crippen LogP contribution in [0.15, 0.2) is 35.3 Å². The third kappa shape index (κ3) is 3.99. The van der Waals surface area contributed by atoms with Gasteiger partial charge in [-0.1, -0.05) is 18.2 Å². The third-order valence-corrected chi connectivity index (χ3v) is 2.02. The summed E-state index contributed by atoms with van der Waals surface area (Å²) in [6.07, 6.45) is 0. The minimum absolute atomic E-state index is 0.498. The number of methoxy groups -OCH3 is 1. The van der Waals surface area contributed by atoms with E-state index in [-0.39, 0.29) is 0 Å². The van der Waals surface area contributed by atoms with E-state index in [9.17, 15) is 0 Å². The molecule has 1 aromatic rings. The van der Waals surface area contributed by atoms with E-state index in [4.69, 9.17) is 10.5 Å². The van der Waals surface area contributed by atoms with Gasteiger partial charge in [-0.25, -0.2) is 4.99 Å². The third-order valence-electron chi connectivity index (χ3n) is 2.02. The lowest BCUT2D eigenvalue weighted by molar-refractivity contribution is 0.182. The van der Waals surface area contributed by atoms with Crippen molar-refractivity contribution in [2.45, 2.75) is 0 Å². The maximum Gasteiger partial charge on any atom is 0.196 e. The number of hydrogen-bond donors (Lipinski definition) is 1. The fourth-order valence-electron chi connectivity index (χ4n) is 1.06. The highest BCUT2D eigenvalue weighted by Gasteiger charge is 2.00. The summed E-state index contributed by atoms with van der Waals surface area (Å²) in [5.74, 6) is 0.498. The minimum atomic E-state index is 0.498. The van der Waals surface area contributed by atoms with E-state index in [0.717, 1.165) is 12.2 Å². The second-order valence-corrected chi connectivity index (χ2v) is 3.22. The van der Waals surface area contributed by atoms with Gasteiger partial charge in [0.2, 0.25) is 0 Å². The Balaban J connectivity index is 2.59. The highest BCUT2D eigenvalue weighted by molar-refractivity contribution is 5.80. The Morgan fingerprint density at radius 1 is 1.40 bits per heavy atom. The largest absolute Gasteiger partial charge is 0.383 e. The molecule has 4 nitrogen and oxygen atoms in total. The molecule has 0 aliphatic carbocycles. The lowest BCUT2D eigenvalue weighted by Gasteiger charge is -2.17. The first-order valence-corrected chi connectivity index (χ1v) is 4.83. The summed E-state index contributed by atoms with van der Waals surface area (Å²) in [7, 11) is 3.55. The second kappa shape index (κ2) is 6.03. The normalized spacial score (nSPS) is 11.5. The van der Waals surface area contributed by atoms with Crippen molar-refractivity contribution < 1.29 is 4.74 Å². The first kappa shape index (κ1) is 11.5. The first-order valence-electron chi connectivity index (χ1n) is 4.83. The Kier molecular flexibility index (Phi) is 4.63. The second-order valence-electron chi connectivity index (χ2n) is 3.22. The number of ether oxygens (including phenoxy) is 1. The van der Waals surface area contributed by atoms with Crippen LogP contribution in [-0.2, 0) is 4.74 Å². The van der Waals surface area contributed by atoms with Gasteiger partial charge in [0.15, 0.2) is 5.96 Å². The number of guanidine groups is 1. The molecule has 0 unspecified atom stereocenters. The highest BCUT2D eigenvalue weighted by atomic mass is 16.5. The van der Waals surface area contributed by atoms with E-state index in [0.29, 0.717) is 12.6 Å². The Morgan fingerprint density at radius 3 is 2.67 bits per heavy atom. The number of likely N-dealkylation sites (N-methyl/N-ethyl adjacent to an activating group) is 1. The molecule has 0 aromatic heterocycles. The van der Waals surface area contributed by atoms with E-state index in [2.05, 4.69) is 4.99 Å². The molecule has 0 bridgehead atoms. The summed E-state index contributed by atoms with van der Waals surface area (Å²) in [6, 6.07) is 9.64. The summed E-state index contributed by atoms with van der Waals surface area (Å²) in [5.41, 5.74) is 6.67. The SMILES string of the molecule is COCCN(C)C(N)=Nc1ccccc1. The van der Waals surface area contributed by atoms with Crippen LogP contribution >= 0.6 is 0 Å². The smallest absolute Gasteiger partial charge is 0.196 e. The number of nitrogens with zero attached hydrogens (tertiary/aromatic N) is 2. The number of benzene rings is 1. The van der Waals surface area contributed by atoms with Crippen molar-refractivity contribution >= 4 is 11.6 Å². The number of hydrogen-bond acceptors (Lipinski definition) is 2. The molecule has 1 rings (SSSR count). The fraction of sp³-hybridized carbons (Fsp3) is 0.364. The average Bonchev–Trinajstić information content (AvgIpc) is 2.27. The molecule has 0 aliphatic rings. The molecule has 0 saturated heterocycles.